The molecule has 3 heterocycles. The highest BCUT2D eigenvalue weighted by molar-refractivity contribution is 6.07. The largest absolute Gasteiger partial charge is 0.339 e. The van der Waals surface area contributed by atoms with Crippen LogP contribution >= 0.6 is 0 Å². The number of piperazine rings is 1. The van der Waals surface area contributed by atoms with Gasteiger partial charge in [-0.2, -0.15) is 0 Å². The quantitative estimate of drug-likeness (QED) is 0.676. The summed E-state index contributed by atoms with van der Waals surface area (Å²) in [6, 6.07) is 13.4. The lowest BCUT2D eigenvalue weighted by atomic mass is 9.84. The maximum absolute atomic E-state index is 13.5. The van der Waals surface area contributed by atoms with Gasteiger partial charge in [0.15, 0.2) is 0 Å². The molecule has 2 fully saturated rings. The lowest BCUT2D eigenvalue weighted by Crippen LogP contribution is -2.52. The number of nitrogens with zero attached hydrogens (tertiary/aromatic N) is 4. The van der Waals surface area contributed by atoms with Crippen molar-refractivity contribution in [2.75, 3.05) is 26.2 Å². The molecule has 0 radical (unpaired) electrons. The van der Waals surface area contributed by atoms with Crippen LogP contribution in [0.3, 0.4) is 0 Å². The first-order chi connectivity index (χ1) is 14.7. The Bertz CT molecular complexity index is 1090. The summed E-state index contributed by atoms with van der Waals surface area (Å²) >= 11 is 0. The predicted molar refractivity (Wildman–Crippen MR) is 115 cm³/mol. The van der Waals surface area contributed by atoms with Gasteiger partial charge in [-0.3, -0.25) is 14.6 Å². The molecule has 0 N–H and O–H groups in total. The van der Waals surface area contributed by atoms with E-state index in [1.807, 2.05) is 52.3 Å². The molecular weight excluding hydrogens is 376 g/mol. The summed E-state index contributed by atoms with van der Waals surface area (Å²) in [5, 5.41) is 0.850. The Labute approximate surface area is 175 Å². The number of fused-ring (bicyclic) bond motifs is 1. The van der Waals surface area contributed by atoms with Gasteiger partial charge in [0.25, 0.3) is 5.91 Å². The van der Waals surface area contributed by atoms with Gasteiger partial charge in [0.1, 0.15) is 0 Å². The first-order valence-electron chi connectivity index (χ1n) is 10.6. The van der Waals surface area contributed by atoms with Crippen LogP contribution in [0.5, 0.6) is 0 Å². The SMILES string of the molecule is O=C(c1cc(-c2cccnc2)nc2ccccc12)N1CCN(C(=O)C2CCC2)CC1. The first kappa shape index (κ1) is 18.7. The fourth-order valence-corrected chi connectivity index (χ4v) is 4.23. The summed E-state index contributed by atoms with van der Waals surface area (Å²) in [4.78, 5) is 38.7. The lowest BCUT2D eigenvalue weighted by Gasteiger charge is -2.38. The molecule has 6 nitrogen and oxygen atoms in total. The Morgan fingerprint density at radius 1 is 0.933 bits per heavy atom. The molecule has 3 aromatic rings. The van der Waals surface area contributed by atoms with Gasteiger partial charge >= 0.3 is 0 Å². The van der Waals surface area contributed by atoms with E-state index in [1.165, 1.54) is 0 Å². The van der Waals surface area contributed by atoms with Crippen LogP contribution in [0.4, 0.5) is 0 Å². The number of amides is 2. The summed E-state index contributed by atoms with van der Waals surface area (Å²) in [5.41, 5.74) is 3.07. The van der Waals surface area contributed by atoms with Gasteiger partial charge in [0.2, 0.25) is 5.91 Å². The zero-order chi connectivity index (χ0) is 20.5. The van der Waals surface area contributed by atoms with E-state index in [0.717, 1.165) is 41.4 Å². The van der Waals surface area contributed by atoms with Crippen molar-refractivity contribution in [1.82, 2.24) is 19.8 Å². The van der Waals surface area contributed by atoms with Crippen molar-refractivity contribution < 1.29 is 9.59 Å². The second-order valence-electron chi connectivity index (χ2n) is 8.06. The van der Waals surface area contributed by atoms with Gasteiger partial charge in [-0.05, 0) is 37.1 Å². The highest BCUT2D eigenvalue weighted by Gasteiger charge is 2.32. The van der Waals surface area contributed by atoms with Crippen LogP contribution in [0.1, 0.15) is 29.6 Å². The average Bonchev–Trinajstić information content (AvgIpc) is 2.77. The van der Waals surface area contributed by atoms with Crippen LogP contribution in [-0.2, 0) is 4.79 Å². The molecule has 0 bridgehead atoms. The normalized spacial score (nSPS) is 17.1. The van der Waals surface area contributed by atoms with E-state index in [1.54, 1.807) is 12.4 Å². The molecule has 152 valence electrons. The van der Waals surface area contributed by atoms with Crippen molar-refractivity contribution in [2.24, 2.45) is 5.92 Å². The minimum atomic E-state index is -0.00511. The van der Waals surface area contributed by atoms with Crippen molar-refractivity contribution in [3.8, 4) is 11.3 Å². The fraction of sp³-hybridized carbons (Fsp3) is 0.333. The first-order valence-corrected chi connectivity index (χ1v) is 10.6. The summed E-state index contributed by atoms with van der Waals surface area (Å²) < 4.78 is 0. The van der Waals surface area contributed by atoms with Crippen molar-refractivity contribution in [1.29, 1.82) is 0 Å². The summed E-state index contributed by atoms with van der Waals surface area (Å²) in [6.07, 6.45) is 6.66. The van der Waals surface area contributed by atoms with E-state index in [-0.39, 0.29) is 17.7 Å². The van der Waals surface area contributed by atoms with Crippen LogP contribution in [0.25, 0.3) is 22.2 Å². The number of pyridine rings is 2. The predicted octanol–water partition coefficient (Wildman–Crippen LogP) is 3.38. The zero-order valence-corrected chi connectivity index (χ0v) is 16.8. The number of para-hydroxylation sites is 1. The van der Waals surface area contributed by atoms with Crippen molar-refractivity contribution >= 4 is 22.7 Å². The fourth-order valence-electron chi connectivity index (χ4n) is 4.23. The van der Waals surface area contributed by atoms with Gasteiger partial charge in [-0.15, -0.1) is 0 Å². The Kier molecular flexibility index (Phi) is 4.91. The monoisotopic (exact) mass is 400 g/mol. The third kappa shape index (κ3) is 3.43. The minimum Gasteiger partial charge on any atom is -0.339 e. The van der Waals surface area contributed by atoms with Crippen LogP contribution in [-0.4, -0.2) is 57.8 Å². The van der Waals surface area contributed by atoms with Gasteiger partial charge < -0.3 is 9.80 Å². The van der Waals surface area contributed by atoms with Gasteiger partial charge in [0, 0.05) is 55.4 Å². The summed E-state index contributed by atoms with van der Waals surface area (Å²) in [7, 11) is 0. The maximum Gasteiger partial charge on any atom is 0.254 e. The van der Waals surface area contributed by atoms with Gasteiger partial charge in [0.05, 0.1) is 16.8 Å². The van der Waals surface area contributed by atoms with E-state index in [0.29, 0.717) is 31.7 Å². The Hall–Kier alpha value is -3.28. The molecule has 0 unspecified atom stereocenters. The molecule has 2 amide bonds. The molecule has 0 atom stereocenters. The second kappa shape index (κ2) is 7.86. The van der Waals surface area contributed by atoms with Crippen LogP contribution in [0, 0.1) is 5.92 Å². The molecule has 1 aliphatic heterocycles. The van der Waals surface area contributed by atoms with E-state index in [4.69, 9.17) is 4.98 Å². The standard InChI is InChI=1S/C24H24N4O2/c29-23(17-5-3-6-17)27-11-13-28(14-12-27)24(30)20-15-22(18-7-4-10-25-16-18)26-21-9-2-1-8-19(20)21/h1-2,4,7-10,15-17H,3,5-6,11-14H2. The van der Waals surface area contributed by atoms with Gasteiger partial charge in [-0.1, -0.05) is 24.6 Å². The van der Waals surface area contributed by atoms with Crippen LogP contribution < -0.4 is 0 Å². The summed E-state index contributed by atoms with van der Waals surface area (Å²) in [6.45, 7) is 2.35. The van der Waals surface area contributed by atoms with Crippen molar-refractivity contribution in [3.05, 3.63) is 60.4 Å². The van der Waals surface area contributed by atoms with E-state index in [9.17, 15) is 9.59 Å². The molecule has 1 saturated carbocycles. The smallest absolute Gasteiger partial charge is 0.254 e. The van der Waals surface area contributed by atoms with E-state index in [2.05, 4.69) is 4.98 Å². The number of aromatic nitrogens is 2. The van der Waals surface area contributed by atoms with Crippen molar-refractivity contribution in [2.45, 2.75) is 19.3 Å². The molecule has 1 saturated heterocycles. The van der Waals surface area contributed by atoms with Crippen molar-refractivity contribution in [3.63, 3.8) is 0 Å². The Morgan fingerprint density at radius 3 is 2.40 bits per heavy atom. The maximum atomic E-state index is 13.5. The highest BCUT2D eigenvalue weighted by atomic mass is 16.2. The van der Waals surface area contributed by atoms with E-state index >= 15 is 0 Å². The topological polar surface area (TPSA) is 66.4 Å². The van der Waals surface area contributed by atoms with E-state index < -0.39 is 0 Å². The number of benzene rings is 1. The number of carbonyl (C=O) groups is 2. The molecule has 2 aromatic heterocycles. The number of carbonyl (C=O) groups excluding carboxylic acids is 2. The number of rotatable bonds is 3. The lowest BCUT2D eigenvalue weighted by molar-refractivity contribution is -0.139. The minimum absolute atomic E-state index is 0.00511. The Balaban J connectivity index is 1.41. The third-order valence-corrected chi connectivity index (χ3v) is 6.24. The zero-order valence-electron chi connectivity index (χ0n) is 16.8. The Morgan fingerprint density at radius 2 is 1.70 bits per heavy atom. The molecular formula is C24H24N4O2. The molecule has 6 heteroatoms. The summed E-state index contributed by atoms with van der Waals surface area (Å²) in [5.74, 6) is 0.467. The number of hydrogen-bond donors (Lipinski definition) is 0. The molecule has 5 rings (SSSR count). The van der Waals surface area contributed by atoms with Crippen LogP contribution in [0.2, 0.25) is 0 Å². The number of hydrogen-bond acceptors (Lipinski definition) is 4. The molecule has 1 aromatic carbocycles. The molecule has 0 spiro atoms. The van der Waals surface area contributed by atoms with Gasteiger partial charge in [-0.25, -0.2) is 4.98 Å². The highest BCUT2D eigenvalue weighted by Crippen LogP contribution is 2.29. The average molecular weight is 400 g/mol. The van der Waals surface area contributed by atoms with Crippen LogP contribution in [0.15, 0.2) is 54.9 Å². The molecule has 30 heavy (non-hydrogen) atoms. The third-order valence-electron chi connectivity index (χ3n) is 6.24. The molecule has 2 aliphatic rings. The second-order valence-corrected chi connectivity index (χ2v) is 8.06. The molecule has 1 aliphatic carbocycles.